The van der Waals surface area contributed by atoms with Crippen molar-refractivity contribution in [1.82, 2.24) is 15.0 Å². The van der Waals surface area contributed by atoms with Crippen molar-refractivity contribution in [2.45, 2.75) is 14.4 Å². The number of phenolic OH excluding ortho intramolecular Hbond substituents is 2. The van der Waals surface area contributed by atoms with Crippen LogP contribution in [0, 0.1) is 6.92 Å². The maximum atomic E-state index is 10.2. The van der Waals surface area contributed by atoms with Crippen LogP contribution in [0.1, 0.15) is 13.3 Å². The lowest BCUT2D eigenvalue weighted by molar-refractivity contribution is 0.408. The maximum Gasteiger partial charge on any atom is 0.167 e. The Morgan fingerprint density at radius 3 is 1.50 bits per heavy atom. The molecule has 0 aliphatic rings. The van der Waals surface area contributed by atoms with E-state index in [4.69, 9.17) is 9.47 Å². The smallest absolute Gasteiger partial charge is 0.167 e. The minimum absolute atomic E-state index is 0. The molecular weight excluding hydrogens is 334 g/mol. The Morgan fingerprint density at radius 1 is 0.731 bits per heavy atom. The first-order chi connectivity index (χ1) is 12.0. The molecule has 0 aliphatic carbocycles. The SMILES string of the molecule is C.COc1ccc(-c2nc(C)nc(-c3ccc(OC)cc3O)n2)c(O)c1. The fourth-order valence-electron chi connectivity index (χ4n) is 2.38. The van der Waals surface area contributed by atoms with Gasteiger partial charge in [0.2, 0.25) is 0 Å². The molecule has 1 heterocycles. The molecule has 0 amide bonds. The van der Waals surface area contributed by atoms with Crippen molar-refractivity contribution in [2.75, 3.05) is 14.2 Å². The quantitative estimate of drug-likeness (QED) is 0.738. The molecule has 0 aliphatic heterocycles. The lowest BCUT2D eigenvalue weighted by Gasteiger charge is -2.10. The third-order valence-corrected chi connectivity index (χ3v) is 3.64. The summed E-state index contributed by atoms with van der Waals surface area (Å²) in [5.41, 5.74) is 0.890. The van der Waals surface area contributed by atoms with E-state index in [2.05, 4.69) is 15.0 Å². The number of phenols is 2. The molecule has 0 saturated heterocycles. The van der Waals surface area contributed by atoms with E-state index in [-0.39, 0.29) is 18.9 Å². The largest absolute Gasteiger partial charge is 0.507 e. The number of aromatic nitrogens is 3. The van der Waals surface area contributed by atoms with Gasteiger partial charge in [-0.2, -0.15) is 0 Å². The van der Waals surface area contributed by atoms with Gasteiger partial charge in [-0.25, -0.2) is 15.0 Å². The second-order valence-electron chi connectivity index (χ2n) is 5.30. The number of ether oxygens (including phenoxy) is 2. The molecule has 0 saturated carbocycles. The highest BCUT2D eigenvalue weighted by molar-refractivity contribution is 5.70. The van der Waals surface area contributed by atoms with E-state index in [0.29, 0.717) is 40.1 Å². The lowest BCUT2D eigenvalue weighted by atomic mass is 10.1. The summed E-state index contributed by atoms with van der Waals surface area (Å²) in [6.45, 7) is 1.72. The van der Waals surface area contributed by atoms with Gasteiger partial charge in [0.15, 0.2) is 11.6 Å². The van der Waals surface area contributed by atoms with E-state index < -0.39 is 0 Å². The molecular formula is C19H21N3O4. The summed E-state index contributed by atoms with van der Waals surface area (Å²) in [7, 11) is 3.04. The summed E-state index contributed by atoms with van der Waals surface area (Å²) in [4.78, 5) is 12.9. The van der Waals surface area contributed by atoms with Crippen molar-refractivity contribution in [2.24, 2.45) is 0 Å². The Morgan fingerprint density at radius 2 is 1.15 bits per heavy atom. The van der Waals surface area contributed by atoms with Gasteiger partial charge in [-0.1, -0.05) is 7.43 Å². The Bertz CT molecular complexity index is 857. The van der Waals surface area contributed by atoms with E-state index in [1.165, 1.54) is 26.4 Å². The topological polar surface area (TPSA) is 97.6 Å². The normalized spacial score (nSPS) is 10.1. The van der Waals surface area contributed by atoms with Crippen LogP contribution in [-0.4, -0.2) is 39.4 Å². The molecule has 2 N–H and O–H groups in total. The Hall–Kier alpha value is -3.35. The molecule has 3 aromatic rings. The van der Waals surface area contributed by atoms with Gasteiger partial charge in [-0.3, -0.25) is 0 Å². The van der Waals surface area contributed by atoms with Crippen LogP contribution >= 0.6 is 0 Å². The molecule has 7 heteroatoms. The van der Waals surface area contributed by atoms with Gasteiger partial charge in [-0.05, 0) is 31.2 Å². The van der Waals surface area contributed by atoms with Gasteiger partial charge >= 0.3 is 0 Å². The van der Waals surface area contributed by atoms with Crippen LogP contribution in [0.15, 0.2) is 36.4 Å². The Labute approximate surface area is 151 Å². The van der Waals surface area contributed by atoms with Crippen molar-refractivity contribution in [1.29, 1.82) is 0 Å². The summed E-state index contributed by atoms with van der Waals surface area (Å²) >= 11 is 0. The van der Waals surface area contributed by atoms with E-state index in [0.717, 1.165) is 0 Å². The molecule has 2 aromatic carbocycles. The standard InChI is InChI=1S/C18H17N3O4.CH4/c1-10-19-17(13-6-4-11(24-2)8-15(13)22)21-18(20-10)14-7-5-12(25-3)9-16(14)23;/h4-9,22-23H,1-3H3;1H4. The van der Waals surface area contributed by atoms with Crippen LogP contribution in [0.25, 0.3) is 22.8 Å². The fraction of sp³-hybridized carbons (Fsp3) is 0.211. The summed E-state index contributed by atoms with van der Waals surface area (Å²) in [6, 6.07) is 9.72. The first kappa shape index (κ1) is 19.0. The third kappa shape index (κ3) is 3.66. The van der Waals surface area contributed by atoms with Crippen molar-refractivity contribution in [3.63, 3.8) is 0 Å². The number of nitrogens with zero attached hydrogens (tertiary/aromatic N) is 3. The molecule has 0 fully saturated rings. The minimum Gasteiger partial charge on any atom is -0.507 e. The summed E-state index contributed by atoms with van der Waals surface area (Å²) in [5.74, 6) is 2.12. The van der Waals surface area contributed by atoms with E-state index in [9.17, 15) is 10.2 Å². The van der Waals surface area contributed by atoms with Crippen LogP contribution in [0.3, 0.4) is 0 Å². The summed E-state index contributed by atoms with van der Waals surface area (Å²) in [5, 5.41) is 20.4. The highest BCUT2D eigenvalue weighted by Gasteiger charge is 2.15. The lowest BCUT2D eigenvalue weighted by Crippen LogP contribution is -2.00. The molecule has 0 spiro atoms. The highest BCUT2D eigenvalue weighted by atomic mass is 16.5. The average Bonchev–Trinajstić information content (AvgIpc) is 2.60. The summed E-state index contributed by atoms with van der Waals surface area (Å²) in [6.07, 6.45) is 0. The van der Waals surface area contributed by atoms with Crippen molar-refractivity contribution < 1.29 is 19.7 Å². The number of benzene rings is 2. The highest BCUT2D eigenvalue weighted by Crippen LogP contribution is 2.34. The van der Waals surface area contributed by atoms with Crippen molar-refractivity contribution >= 4 is 0 Å². The van der Waals surface area contributed by atoms with Crippen molar-refractivity contribution in [3.05, 3.63) is 42.2 Å². The molecule has 0 atom stereocenters. The molecule has 0 bridgehead atoms. The average molecular weight is 355 g/mol. The van der Waals surface area contributed by atoms with Crippen LogP contribution in [0.4, 0.5) is 0 Å². The zero-order valence-electron chi connectivity index (χ0n) is 14.0. The number of aryl methyl sites for hydroxylation is 1. The molecule has 1 aromatic heterocycles. The number of aromatic hydroxyl groups is 2. The Kier molecular flexibility index (Phi) is 5.61. The third-order valence-electron chi connectivity index (χ3n) is 3.64. The molecule has 0 unspecified atom stereocenters. The molecule has 7 nitrogen and oxygen atoms in total. The summed E-state index contributed by atoms with van der Waals surface area (Å²) < 4.78 is 10.2. The zero-order chi connectivity index (χ0) is 18.0. The number of methoxy groups -OCH3 is 2. The van der Waals surface area contributed by atoms with Crippen LogP contribution < -0.4 is 9.47 Å². The van der Waals surface area contributed by atoms with E-state index >= 15 is 0 Å². The van der Waals surface area contributed by atoms with Gasteiger partial charge in [-0.15, -0.1) is 0 Å². The van der Waals surface area contributed by atoms with Crippen molar-refractivity contribution in [3.8, 4) is 45.8 Å². The van der Waals surface area contributed by atoms with Crippen LogP contribution in [-0.2, 0) is 0 Å². The molecule has 136 valence electrons. The monoisotopic (exact) mass is 355 g/mol. The maximum absolute atomic E-state index is 10.2. The first-order valence-corrected chi connectivity index (χ1v) is 7.49. The molecule has 26 heavy (non-hydrogen) atoms. The van der Waals surface area contributed by atoms with Gasteiger partial charge in [0.1, 0.15) is 28.8 Å². The molecule has 3 rings (SSSR count). The predicted octanol–water partition coefficient (Wildman–Crippen LogP) is 3.58. The zero-order valence-corrected chi connectivity index (χ0v) is 14.0. The predicted molar refractivity (Wildman–Crippen MR) is 98.6 cm³/mol. The second kappa shape index (κ2) is 7.69. The number of hydrogen-bond acceptors (Lipinski definition) is 7. The minimum atomic E-state index is -0.00477. The van der Waals surface area contributed by atoms with Gasteiger partial charge in [0.25, 0.3) is 0 Å². The van der Waals surface area contributed by atoms with Gasteiger partial charge in [0.05, 0.1) is 25.3 Å². The van der Waals surface area contributed by atoms with Crippen LogP contribution in [0.2, 0.25) is 0 Å². The van der Waals surface area contributed by atoms with E-state index in [1.54, 1.807) is 31.2 Å². The Balaban J connectivity index is 0.00000243. The fourth-order valence-corrected chi connectivity index (χ4v) is 2.38. The molecule has 0 radical (unpaired) electrons. The van der Waals surface area contributed by atoms with Crippen LogP contribution in [0.5, 0.6) is 23.0 Å². The second-order valence-corrected chi connectivity index (χ2v) is 5.30. The first-order valence-electron chi connectivity index (χ1n) is 7.49. The number of rotatable bonds is 4. The van der Waals surface area contributed by atoms with Gasteiger partial charge < -0.3 is 19.7 Å². The van der Waals surface area contributed by atoms with Gasteiger partial charge in [0, 0.05) is 12.1 Å². The van der Waals surface area contributed by atoms with E-state index in [1.807, 2.05) is 0 Å². The number of hydrogen-bond donors (Lipinski definition) is 2.